The molecule has 2 nitrogen and oxygen atoms in total. The second-order valence-corrected chi connectivity index (χ2v) is 5.76. The first kappa shape index (κ1) is 11.6. The van der Waals surface area contributed by atoms with Gasteiger partial charge in [0.2, 0.25) is 0 Å². The number of aromatic nitrogens is 1. The van der Waals surface area contributed by atoms with E-state index >= 15 is 0 Å². The third kappa shape index (κ3) is 1.62. The largest absolute Gasteiger partial charge is 0.290 e. The van der Waals surface area contributed by atoms with Crippen molar-refractivity contribution in [2.75, 3.05) is 0 Å². The Labute approximate surface area is 113 Å². The molecule has 3 rings (SSSR count). The smallest absolute Gasteiger partial charge is 0.184 e. The number of fused-ring (bicyclic) bond motifs is 2. The summed E-state index contributed by atoms with van der Waals surface area (Å²) in [5.41, 5.74) is 3.33. The topological polar surface area (TPSA) is 30.0 Å². The van der Waals surface area contributed by atoms with Crippen molar-refractivity contribution in [2.24, 2.45) is 0 Å². The third-order valence-corrected chi connectivity index (χ3v) is 4.59. The molecule has 0 unspecified atom stereocenters. The predicted molar refractivity (Wildman–Crippen MR) is 77.0 cm³/mol. The first-order chi connectivity index (χ1) is 8.58. The van der Waals surface area contributed by atoms with Crippen LogP contribution in [0.3, 0.4) is 0 Å². The summed E-state index contributed by atoms with van der Waals surface area (Å²) in [5, 5.41) is 0.471. The lowest BCUT2D eigenvalue weighted by molar-refractivity contribution is 1.33. The summed E-state index contributed by atoms with van der Waals surface area (Å²) < 4.78 is 1.07. The van der Waals surface area contributed by atoms with Crippen LogP contribution in [0.1, 0.15) is 11.1 Å². The van der Waals surface area contributed by atoms with Crippen LogP contribution in [0.2, 0.25) is 5.02 Å². The summed E-state index contributed by atoms with van der Waals surface area (Å²) in [6, 6.07) is 7.65. The number of nitrogens with zero attached hydrogens (tertiary/aromatic N) is 1. The van der Waals surface area contributed by atoms with Gasteiger partial charge in [-0.2, -0.15) is 0 Å². The molecular weight excluding hydrogens is 266 g/mol. The SMILES string of the molecule is Cc1c(Cl)c2nc3c(C)cccc3sc-2cc1=O. The van der Waals surface area contributed by atoms with Crippen molar-refractivity contribution in [1.82, 2.24) is 4.98 Å². The molecule has 1 heterocycles. The van der Waals surface area contributed by atoms with E-state index in [2.05, 4.69) is 4.98 Å². The Kier molecular flexibility index (Phi) is 2.61. The van der Waals surface area contributed by atoms with Crippen LogP contribution in [0.25, 0.3) is 20.8 Å². The molecule has 0 N–H and O–H groups in total. The standard InChI is InChI=1S/C14H10ClNOS/c1-7-4-3-5-10-13(7)16-14-11(18-10)6-9(17)8(2)12(14)15/h3-6H,1-2H3. The highest BCUT2D eigenvalue weighted by molar-refractivity contribution is 7.21. The minimum atomic E-state index is -0.0300. The van der Waals surface area contributed by atoms with Gasteiger partial charge in [-0.1, -0.05) is 23.7 Å². The van der Waals surface area contributed by atoms with Crippen LogP contribution >= 0.6 is 22.9 Å². The van der Waals surface area contributed by atoms with Crippen LogP contribution < -0.4 is 5.43 Å². The van der Waals surface area contributed by atoms with Crippen molar-refractivity contribution < 1.29 is 0 Å². The first-order valence-corrected chi connectivity index (χ1v) is 6.76. The van der Waals surface area contributed by atoms with E-state index in [1.165, 1.54) is 0 Å². The average molecular weight is 276 g/mol. The van der Waals surface area contributed by atoms with Crippen molar-refractivity contribution in [3.05, 3.63) is 50.6 Å². The lowest BCUT2D eigenvalue weighted by atomic mass is 10.1. The molecule has 0 saturated heterocycles. The highest BCUT2D eigenvalue weighted by Gasteiger charge is 2.16. The van der Waals surface area contributed by atoms with Crippen molar-refractivity contribution in [3.63, 3.8) is 0 Å². The molecule has 1 aliphatic heterocycles. The number of rotatable bonds is 0. The molecule has 1 aromatic rings. The molecule has 90 valence electrons. The van der Waals surface area contributed by atoms with Crippen LogP contribution in [0, 0.1) is 13.8 Å². The Morgan fingerprint density at radius 3 is 2.83 bits per heavy atom. The van der Waals surface area contributed by atoms with E-state index in [0.29, 0.717) is 10.6 Å². The molecule has 0 saturated carbocycles. The monoisotopic (exact) mass is 275 g/mol. The fourth-order valence-electron chi connectivity index (χ4n) is 1.96. The van der Waals surface area contributed by atoms with Gasteiger partial charge >= 0.3 is 0 Å². The van der Waals surface area contributed by atoms with Crippen LogP contribution in [0.15, 0.2) is 29.1 Å². The third-order valence-electron chi connectivity index (χ3n) is 3.05. The lowest BCUT2D eigenvalue weighted by Crippen LogP contribution is -2.06. The van der Waals surface area contributed by atoms with E-state index in [-0.39, 0.29) is 5.43 Å². The van der Waals surface area contributed by atoms with Gasteiger partial charge in [-0.25, -0.2) is 4.98 Å². The summed E-state index contributed by atoms with van der Waals surface area (Å²) in [5.74, 6) is 0. The summed E-state index contributed by atoms with van der Waals surface area (Å²) in [4.78, 5) is 17.2. The quantitative estimate of drug-likeness (QED) is 0.580. The molecule has 4 heteroatoms. The number of hydrogen-bond acceptors (Lipinski definition) is 3. The minimum absolute atomic E-state index is 0.0300. The Morgan fingerprint density at radius 2 is 2.06 bits per heavy atom. The number of benzene rings is 2. The Balaban J connectivity index is 2.55. The fraction of sp³-hybridized carbons (Fsp3) is 0.143. The molecule has 1 aromatic carbocycles. The zero-order chi connectivity index (χ0) is 12.9. The maximum absolute atomic E-state index is 11.8. The molecule has 18 heavy (non-hydrogen) atoms. The Bertz CT molecular complexity index is 794. The van der Waals surface area contributed by atoms with Gasteiger partial charge in [-0.15, -0.1) is 11.3 Å². The predicted octanol–water partition coefficient (Wildman–Crippen LogP) is 4.03. The summed E-state index contributed by atoms with van der Waals surface area (Å²) in [6.45, 7) is 3.76. The summed E-state index contributed by atoms with van der Waals surface area (Å²) >= 11 is 7.78. The number of hydrogen-bond donors (Lipinski definition) is 0. The summed E-state index contributed by atoms with van der Waals surface area (Å²) in [7, 11) is 0. The van der Waals surface area contributed by atoms with E-state index in [4.69, 9.17) is 11.6 Å². The molecule has 0 amide bonds. The zero-order valence-electron chi connectivity index (χ0n) is 9.95. The van der Waals surface area contributed by atoms with Gasteiger partial charge in [-0.3, -0.25) is 4.79 Å². The number of aryl methyl sites for hydroxylation is 1. The molecule has 0 radical (unpaired) electrons. The van der Waals surface area contributed by atoms with Crippen molar-refractivity contribution in [2.45, 2.75) is 13.8 Å². The molecule has 2 aliphatic rings. The van der Waals surface area contributed by atoms with Gasteiger partial charge in [-0.05, 0) is 25.5 Å². The highest BCUT2D eigenvalue weighted by atomic mass is 35.5. The van der Waals surface area contributed by atoms with Crippen LogP contribution in [0.5, 0.6) is 0 Å². The van der Waals surface area contributed by atoms with E-state index in [9.17, 15) is 4.79 Å². The van der Waals surface area contributed by atoms with E-state index in [0.717, 1.165) is 26.4 Å². The zero-order valence-corrected chi connectivity index (χ0v) is 11.5. The second-order valence-electron chi connectivity index (χ2n) is 4.30. The van der Waals surface area contributed by atoms with Gasteiger partial charge < -0.3 is 0 Å². The maximum atomic E-state index is 11.8. The second kappa shape index (κ2) is 4.04. The van der Waals surface area contributed by atoms with Gasteiger partial charge in [0, 0.05) is 11.6 Å². The van der Waals surface area contributed by atoms with Crippen molar-refractivity contribution >= 4 is 33.2 Å². The van der Waals surface area contributed by atoms with Gasteiger partial charge in [0.25, 0.3) is 0 Å². The van der Waals surface area contributed by atoms with E-state index in [1.807, 2.05) is 25.1 Å². The molecule has 0 atom stereocenters. The van der Waals surface area contributed by atoms with Crippen molar-refractivity contribution in [3.8, 4) is 10.6 Å². The lowest BCUT2D eigenvalue weighted by Gasteiger charge is -2.10. The normalized spacial score (nSPS) is 11.3. The van der Waals surface area contributed by atoms with Crippen molar-refractivity contribution in [1.29, 1.82) is 0 Å². The fourth-order valence-corrected chi connectivity index (χ4v) is 3.35. The molecule has 0 aromatic heterocycles. The van der Waals surface area contributed by atoms with Gasteiger partial charge in [0.1, 0.15) is 5.69 Å². The molecule has 0 spiro atoms. The van der Waals surface area contributed by atoms with Crippen LogP contribution in [-0.2, 0) is 0 Å². The number of para-hydroxylation sites is 1. The van der Waals surface area contributed by atoms with Crippen LogP contribution in [-0.4, -0.2) is 4.98 Å². The van der Waals surface area contributed by atoms with Gasteiger partial charge in [0.15, 0.2) is 5.43 Å². The molecular formula is C14H10ClNOS. The molecule has 0 fully saturated rings. The summed E-state index contributed by atoms with van der Waals surface area (Å²) in [6.07, 6.45) is 0. The van der Waals surface area contributed by atoms with E-state index < -0.39 is 0 Å². The molecule has 0 bridgehead atoms. The molecule has 1 aliphatic carbocycles. The van der Waals surface area contributed by atoms with Gasteiger partial charge in [0.05, 0.1) is 20.1 Å². The number of halogens is 1. The van der Waals surface area contributed by atoms with Crippen LogP contribution in [0.4, 0.5) is 0 Å². The highest BCUT2D eigenvalue weighted by Crippen LogP contribution is 2.35. The van der Waals surface area contributed by atoms with E-state index in [1.54, 1.807) is 24.3 Å². The average Bonchev–Trinajstić information content (AvgIpc) is 2.35. The first-order valence-electron chi connectivity index (χ1n) is 5.57. The Morgan fingerprint density at radius 1 is 1.28 bits per heavy atom. The Hall–Kier alpha value is -1.45. The minimum Gasteiger partial charge on any atom is -0.290 e. The maximum Gasteiger partial charge on any atom is 0.184 e.